The molecule has 1 N–H and O–H groups in total. The Morgan fingerprint density at radius 1 is 1.08 bits per heavy atom. The highest BCUT2D eigenvalue weighted by atomic mass is 16.6. The first-order valence-electron chi connectivity index (χ1n) is 8.88. The van der Waals surface area contributed by atoms with Gasteiger partial charge in [-0.2, -0.15) is 0 Å². The van der Waals surface area contributed by atoms with Crippen molar-refractivity contribution in [1.82, 2.24) is 15.1 Å². The van der Waals surface area contributed by atoms with E-state index in [-0.39, 0.29) is 11.9 Å². The maximum Gasteiger partial charge on any atom is 0.408 e. The second-order valence-corrected chi connectivity index (χ2v) is 7.55. The van der Waals surface area contributed by atoms with Gasteiger partial charge in [-0.3, -0.25) is 9.69 Å². The van der Waals surface area contributed by atoms with Crippen LogP contribution >= 0.6 is 0 Å². The normalized spacial score (nSPS) is 22.1. The molecule has 2 unspecified atom stereocenters. The van der Waals surface area contributed by atoms with E-state index in [0.717, 1.165) is 39.0 Å². The molecule has 2 heterocycles. The summed E-state index contributed by atoms with van der Waals surface area (Å²) in [7, 11) is 0. The van der Waals surface area contributed by atoms with Gasteiger partial charge in [0.05, 0.1) is 13.2 Å². The molecule has 2 rings (SSSR count). The van der Waals surface area contributed by atoms with Crippen molar-refractivity contribution in [2.24, 2.45) is 0 Å². The van der Waals surface area contributed by atoms with Crippen LogP contribution < -0.4 is 5.32 Å². The molecule has 0 spiro atoms. The molecule has 0 aromatic rings. The molecule has 0 bridgehead atoms. The fraction of sp³-hybridized carbons (Fsp3) is 0.882. The predicted octanol–water partition coefficient (Wildman–Crippen LogP) is 1.22. The standard InChI is InChI=1S/C17H31N3O4/c1-13(19-9-11-23-12-10-19)14(15(21)20-7-5-6-8-20)18-16(22)24-17(2,3)4/h13-14H,5-12H2,1-4H3,(H,18,22). The summed E-state index contributed by atoms with van der Waals surface area (Å²) in [4.78, 5) is 29.2. The van der Waals surface area contributed by atoms with Crippen molar-refractivity contribution < 1.29 is 19.1 Å². The van der Waals surface area contributed by atoms with Crippen molar-refractivity contribution in [1.29, 1.82) is 0 Å². The maximum atomic E-state index is 12.9. The number of ether oxygens (including phenoxy) is 2. The van der Waals surface area contributed by atoms with Crippen LogP contribution in [0.5, 0.6) is 0 Å². The average molecular weight is 341 g/mol. The number of carbonyl (C=O) groups excluding carboxylic acids is 2. The minimum atomic E-state index is -0.601. The zero-order chi connectivity index (χ0) is 17.7. The van der Waals surface area contributed by atoms with Gasteiger partial charge in [0.15, 0.2) is 0 Å². The number of carbonyl (C=O) groups is 2. The summed E-state index contributed by atoms with van der Waals surface area (Å²) in [6.45, 7) is 11.8. The number of hydrogen-bond acceptors (Lipinski definition) is 5. The predicted molar refractivity (Wildman–Crippen MR) is 90.8 cm³/mol. The second kappa shape index (κ2) is 8.16. The van der Waals surface area contributed by atoms with Gasteiger partial charge in [0, 0.05) is 32.2 Å². The molecule has 0 saturated carbocycles. The van der Waals surface area contributed by atoms with Crippen molar-refractivity contribution >= 4 is 12.0 Å². The lowest BCUT2D eigenvalue weighted by Crippen LogP contribution is -2.60. The van der Waals surface area contributed by atoms with E-state index >= 15 is 0 Å². The molecular formula is C17H31N3O4. The van der Waals surface area contributed by atoms with Crippen LogP contribution in [0.15, 0.2) is 0 Å². The first-order valence-corrected chi connectivity index (χ1v) is 8.88. The fourth-order valence-electron chi connectivity index (χ4n) is 3.15. The fourth-order valence-corrected chi connectivity index (χ4v) is 3.15. The number of nitrogens with zero attached hydrogens (tertiary/aromatic N) is 2. The molecule has 2 aliphatic heterocycles. The number of nitrogens with one attached hydrogen (secondary N) is 1. The van der Waals surface area contributed by atoms with Gasteiger partial charge in [0.2, 0.25) is 5.91 Å². The van der Waals surface area contributed by atoms with E-state index in [1.54, 1.807) is 0 Å². The highest BCUT2D eigenvalue weighted by Crippen LogP contribution is 2.15. The molecule has 7 heteroatoms. The Balaban J connectivity index is 2.07. The van der Waals surface area contributed by atoms with Crippen LogP contribution in [-0.2, 0) is 14.3 Å². The molecule has 0 aromatic carbocycles. The number of rotatable bonds is 4. The summed E-state index contributed by atoms with van der Waals surface area (Å²) in [5.41, 5.74) is -0.590. The summed E-state index contributed by atoms with van der Waals surface area (Å²) in [5.74, 6) is -0.0163. The first-order chi connectivity index (χ1) is 11.3. The molecule has 7 nitrogen and oxygen atoms in total. The lowest BCUT2D eigenvalue weighted by atomic mass is 10.1. The molecule has 2 aliphatic rings. The Bertz CT molecular complexity index is 438. The van der Waals surface area contributed by atoms with Crippen LogP contribution in [0.1, 0.15) is 40.5 Å². The molecule has 138 valence electrons. The van der Waals surface area contributed by atoms with Gasteiger partial charge in [-0.25, -0.2) is 4.79 Å². The number of alkyl carbamates (subject to hydrolysis) is 1. The van der Waals surface area contributed by atoms with E-state index in [0.29, 0.717) is 13.2 Å². The highest BCUT2D eigenvalue weighted by molar-refractivity contribution is 5.86. The van der Waals surface area contributed by atoms with Crippen LogP contribution in [0.25, 0.3) is 0 Å². The largest absolute Gasteiger partial charge is 0.444 e. The number of morpholine rings is 1. The Morgan fingerprint density at radius 3 is 2.21 bits per heavy atom. The minimum absolute atomic E-state index is 0.0163. The molecule has 2 saturated heterocycles. The summed E-state index contributed by atoms with van der Waals surface area (Å²) < 4.78 is 10.7. The van der Waals surface area contributed by atoms with Gasteiger partial charge in [0.25, 0.3) is 0 Å². The Morgan fingerprint density at radius 2 is 1.67 bits per heavy atom. The van der Waals surface area contributed by atoms with Gasteiger partial charge in [0.1, 0.15) is 11.6 Å². The van der Waals surface area contributed by atoms with E-state index in [9.17, 15) is 9.59 Å². The van der Waals surface area contributed by atoms with E-state index < -0.39 is 17.7 Å². The van der Waals surface area contributed by atoms with Gasteiger partial charge in [-0.1, -0.05) is 0 Å². The molecule has 2 fully saturated rings. The lowest BCUT2D eigenvalue weighted by molar-refractivity contribution is -0.134. The van der Waals surface area contributed by atoms with E-state index in [1.165, 1.54) is 0 Å². The molecular weight excluding hydrogens is 310 g/mol. The molecule has 24 heavy (non-hydrogen) atoms. The smallest absolute Gasteiger partial charge is 0.408 e. The maximum absolute atomic E-state index is 12.9. The molecule has 0 aromatic heterocycles. The van der Waals surface area contributed by atoms with Crippen molar-refractivity contribution in [2.45, 2.75) is 58.2 Å². The number of amides is 2. The van der Waals surface area contributed by atoms with Crippen molar-refractivity contribution in [3.8, 4) is 0 Å². The third kappa shape index (κ3) is 5.34. The Kier molecular flexibility index (Phi) is 6.46. The van der Waals surface area contributed by atoms with Gasteiger partial charge >= 0.3 is 6.09 Å². The quantitative estimate of drug-likeness (QED) is 0.833. The van der Waals surface area contributed by atoms with Crippen LogP contribution in [0.2, 0.25) is 0 Å². The third-order valence-corrected chi connectivity index (χ3v) is 4.46. The van der Waals surface area contributed by atoms with Gasteiger partial charge in [-0.15, -0.1) is 0 Å². The van der Waals surface area contributed by atoms with Gasteiger partial charge < -0.3 is 19.7 Å². The SMILES string of the molecule is CC(C(NC(=O)OC(C)(C)C)C(=O)N1CCCC1)N1CCOCC1. The monoisotopic (exact) mass is 341 g/mol. The average Bonchev–Trinajstić information content (AvgIpc) is 3.05. The molecule has 0 aliphatic carbocycles. The van der Waals surface area contributed by atoms with Crippen LogP contribution in [0, 0.1) is 0 Å². The minimum Gasteiger partial charge on any atom is -0.444 e. The van der Waals surface area contributed by atoms with Crippen LogP contribution in [-0.4, -0.2) is 78.9 Å². The summed E-state index contributed by atoms with van der Waals surface area (Å²) in [6, 6.07) is -0.703. The number of likely N-dealkylation sites (tertiary alicyclic amines) is 1. The van der Waals surface area contributed by atoms with Crippen molar-refractivity contribution in [3.05, 3.63) is 0 Å². The van der Waals surface area contributed by atoms with Crippen LogP contribution in [0.3, 0.4) is 0 Å². The highest BCUT2D eigenvalue weighted by Gasteiger charge is 2.36. The molecule has 0 radical (unpaired) electrons. The number of hydrogen-bond donors (Lipinski definition) is 1. The Hall–Kier alpha value is -1.34. The summed E-state index contributed by atoms with van der Waals surface area (Å²) >= 11 is 0. The first kappa shape index (κ1) is 19.0. The van der Waals surface area contributed by atoms with Crippen molar-refractivity contribution in [3.63, 3.8) is 0 Å². The topological polar surface area (TPSA) is 71.1 Å². The zero-order valence-corrected chi connectivity index (χ0v) is 15.3. The van der Waals surface area contributed by atoms with E-state index in [1.807, 2.05) is 32.6 Å². The Labute approximate surface area is 144 Å². The molecule has 2 atom stereocenters. The third-order valence-electron chi connectivity index (χ3n) is 4.46. The molecule has 2 amide bonds. The lowest BCUT2D eigenvalue weighted by Gasteiger charge is -2.38. The van der Waals surface area contributed by atoms with E-state index in [4.69, 9.17) is 9.47 Å². The van der Waals surface area contributed by atoms with Crippen LogP contribution in [0.4, 0.5) is 4.79 Å². The van der Waals surface area contributed by atoms with Crippen molar-refractivity contribution in [2.75, 3.05) is 39.4 Å². The summed E-state index contributed by atoms with van der Waals surface area (Å²) in [5, 5.41) is 2.81. The summed E-state index contributed by atoms with van der Waals surface area (Å²) in [6.07, 6.45) is 1.51. The zero-order valence-electron chi connectivity index (χ0n) is 15.3. The van der Waals surface area contributed by atoms with E-state index in [2.05, 4.69) is 10.2 Å². The second-order valence-electron chi connectivity index (χ2n) is 7.55. The van der Waals surface area contributed by atoms with Gasteiger partial charge in [-0.05, 0) is 40.5 Å².